The van der Waals surface area contributed by atoms with Crippen LogP contribution in [0.3, 0.4) is 0 Å². The Kier molecular flexibility index (Phi) is 2.25. The highest BCUT2D eigenvalue weighted by atomic mass is 14.4. The number of allylic oxidation sites excluding steroid dienone is 2. The van der Waals surface area contributed by atoms with Crippen molar-refractivity contribution in [3.63, 3.8) is 0 Å². The van der Waals surface area contributed by atoms with Crippen molar-refractivity contribution in [2.75, 3.05) is 0 Å². The highest BCUT2D eigenvalue weighted by Crippen LogP contribution is 2.48. The number of rotatable bonds is 1. The van der Waals surface area contributed by atoms with E-state index in [1.165, 1.54) is 25.7 Å². The van der Waals surface area contributed by atoms with E-state index in [9.17, 15) is 0 Å². The second kappa shape index (κ2) is 3.15. The molecular formula is C13H22. The van der Waals surface area contributed by atoms with E-state index >= 15 is 0 Å². The van der Waals surface area contributed by atoms with Crippen LogP contribution >= 0.6 is 0 Å². The zero-order valence-corrected chi connectivity index (χ0v) is 9.22. The summed E-state index contributed by atoms with van der Waals surface area (Å²) in [5.41, 5.74) is 0.524. The number of hydrogen-bond donors (Lipinski definition) is 0. The lowest BCUT2D eigenvalue weighted by atomic mass is 9.73. The van der Waals surface area contributed by atoms with Crippen molar-refractivity contribution in [2.24, 2.45) is 23.2 Å². The minimum absolute atomic E-state index is 0.524. The molecule has 1 fully saturated rings. The van der Waals surface area contributed by atoms with Gasteiger partial charge in [0.1, 0.15) is 0 Å². The zero-order valence-electron chi connectivity index (χ0n) is 9.22. The summed E-state index contributed by atoms with van der Waals surface area (Å²) < 4.78 is 0. The fourth-order valence-corrected chi connectivity index (χ4v) is 3.17. The molecule has 2 aliphatic rings. The minimum atomic E-state index is 0.524. The maximum absolute atomic E-state index is 2.49. The van der Waals surface area contributed by atoms with E-state index in [1.54, 1.807) is 0 Å². The molecule has 0 N–H and O–H groups in total. The van der Waals surface area contributed by atoms with E-state index < -0.39 is 0 Å². The maximum atomic E-state index is 2.49. The summed E-state index contributed by atoms with van der Waals surface area (Å²) in [4.78, 5) is 0. The molecule has 0 nitrogen and oxygen atoms in total. The molecule has 74 valence electrons. The van der Waals surface area contributed by atoms with Crippen LogP contribution in [0.2, 0.25) is 0 Å². The van der Waals surface area contributed by atoms with Gasteiger partial charge in [-0.05, 0) is 48.9 Å². The van der Waals surface area contributed by atoms with E-state index in [4.69, 9.17) is 0 Å². The molecule has 2 rings (SSSR count). The normalized spacial score (nSPS) is 38.2. The average Bonchev–Trinajstić information content (AvgIpc) is 2.29. The van der Waals surface area contributed by atoms with Gasteiger partial charge in [-0.1, -0.05) is 32.9 Å². The van der Waals surface area contributed by atoms with Crippen LogP contribution < -0.4 is 0 Å². The zero-order chi connectivity index (χ0) is 9.47. The van der Waals surface area contributed by atoms with Gasteiger partial charge in [0.25, 0.3) is 0 Å². The number of hydrogen-bond acceptors (Lipinski definition) is 0. The van der Waals surface area contributed by atoms with Gasteiger partial charge >= 0.3 is 0 Å². The molecule has 13 heavy (non-hydrogen) atoms. The van der Waals surface area contributed by atoms with Crippen molar-refractivity contribution < 1.29 is 0 Å². The van der Waals surface area contributed by atoms with E-state index in [2.05, 4.69) is 32.9 Å². The standard InChI is InChI=1S/C13H22/c1-13(2,3)9-12-10-5-4-6-11(12)8-7-10/h4-5,10-12H,6-9H2,1-3H3. The van der Waals surface area contributed by atoms with Crippen LogP contribution in [-0.2, 0) is 0 Å². The second-order valence-electron chi connectivity index (χ2n) is 6.09. The summed E-state index contributed by atoms with van der Waals surface area (Å²) in [5, 5.41) is 0. The summed E-state index contributed by atoms with van der Waals surface area (Å²) in [6, 6.07) is 0. The Morgan fingerprint density at radius 3 is 2.62 bits per heavy atom. The van der Waals surface area contributed by atoms with Gasteiger partial charge in [-0.25, -0.2) is 0 Å². The van der Waals surface area contributed by atoms with Gasteiger partial charge in [0.15, 0.2) is 0 Å². The Morgan fingerprint density at radius 2 is 2.00 bits per heavy atom. The van der Waals surface area contributed by atoms with Gasteiger partial charge in [0.05, 0.1) is 0 Å². The summed E-state index contributed by atoms with van der Waals surface area (Å²) in [7, 11) is 0. The molecule has 2 aliphatic carbocycles. The molecule has 3 atom stereocenters. The van der Waals surface area contributed by atoms with Gasteiger partial charge in [-0.2, -0.15) is 0 Å². The molecule has 0 aliphatic heterocycles. The first kappa shape index (κ1) is 9.30. The van der Waals surface area contributed by atoms with Crippen LogP contribution in [0.1, 0.15) is 46.5 Å². The maximum Gasteiger partial charge on any atom is -0.0202 e. The van der Waals surface area contributed by atoms with E-state index in [-0.39, 0.29) is 0 Å². The Bertz CT molecular complexity index is 207. The third kappa shape index (κ3) is 1.98. The molecule has 0 spiro atoms. The van der Waals surface area contributed by atoms with Crippen LogP contribution in [0.15, 0.2) is 12.2 Å². The largest absolute Gasteiger partial charge is 0.0880 e. The molecule has 0 radical (unpaired) electrons. The van der Waals surface area contributed by atoms with Crippen molar-refractivity contribution in [3.05, 3.63) is 12.2 Å². The summed E-state index contributed by atoms with van der Waals surface area (Å²) in [6.45, 7) is 7.14. The third-order valence-corrected chi connectivity index (χ3v) is 3.70. The predicted molar refractivity (Wildman–Crippen MR) is 57.5 cm³/mol. The third-order valence-electron chi connectivity index (χ3n) is 3.70. The lowest BCUT2D eigenvalue weighted by Crippen LogP contribution is -2.22. The molecule has 3 unspecified atom stereocenters. The smallest absolute Gasteiger partial charge is 0.0202 e. The van der Waals surface area contributed by atoms with E-state index in [0.717, 1.165) is 17.8 Å². The van der Waals surface area contributed by atoms with Crippen molar-refractivity contribution >= 4 is 0 Å². The lowest BCUT2D eigenvalue weighted by molar-refractivity contribution is 0.217. The fraction of sp³-hybridized carbons (Fsp3) is 0.846. The topological polar surface area (TPSA) is 0 Å². The Morgan fingerprint density at radius 1 is 1.23 bits per heavy atom. The van der Waals surface area contributed by atoms with Gasteiger partial charge in [0, 0.05) is 0 Å². The van der Waals surface area contributed by atoms with Gasteiger partial charge in [-0.15, -0.1) is 0 Å². The van der Waals surface area contributed by atoms with Crippen molar-refractivity contribution in [1.29, 1.82) is 0 Å². The quantitative estimate of drug-likeness (QED) is 0.532. The number of fused-ring (bicyclic) bond motifs is 2. The summed E-state index contributed by atoms with van der Waals surface area (Å²) >= 11 is 0. The first-order valence-electron chi connectivity index (χ1n) is 5.73. The van der Waals surface area contributed by atoms with Crippen LogP contribution in [0, 0.1) is 23.2 Å². The van der Waals surface area contributed by atoms with Crippen LogP contribution in [0.25, 0.3) is 0 Å². The van der Waals surface area contributed by atoms with Crippen molar-refractivity contribution in [1.82, 2.24) is 0 Å². The lowest BCUT2D eigenvalue weighted by Gasteiger charge is -2.32. The van der Waals surface area contributed by atoms with Gasteiger partial charge in [-0.3, -0.25) is 0 Å². The predicted octanol–water partition coefficient (Wildman–Crippen LogP) is 4.02. The van der Waals surface area contributed by atoms with Gasteiger partial charge in [0.2, 0.25) is 0 Å². The van der Waals surface area contributed by atoms with Crippen molar-refractivity contribution in [3.8, 4) is 0 Å². The van der Waals surface area contributed by atoms with Crippen molar-refractivity contribution in [2.45, 2.75) is 46.5 Å². The van der Waals surface area contributed by atoms with Crippen LogP contribution in [-0.4, -0.2) is 0 Å². The SMILES string of the molecule is CC(C)(C)CC1C2C=CCC1CC2. The van der Waals surface area contributed by atoms with Crippen LogP contribution in [0.4, 0.5) is 0 Å². The average molecular weight is 178 g/mol. The molecule has 0 saturated heterocycles. The Hall–Kier alpha value is -0.260. The molecule has 2 bridgehead atoms. The monoisotopic (exact) mass is 178 g/mol. The Labute approximate surface area is 82.4 Å². The van der Waals surface area contributed by atoms with E-state index in [1.807, 2.05) is 0 Å². The molecular weight excluding hydrogens is 156 g/mol. The van der Waals surface area contributed by atoms with Gasteiger partial charge < -0.3 is 0 Å². The molecule has 1 saturated carbocycles. The molecule has 0 heterocycles. The molecule has 0 aromatic carbocycles. The highest BCUT2D eigenvalue weighted by Gasteiger charge is 2.37. The van der Waals surface area contributed by atoms with Crippen LogP contribution in [0.5, 0.6) is 0 Å². The summed E-state index contributed by atoms with van der Waals surface area (Å²) in [6.07, 6.45) is 10.6. The first-order valence-corrected chi connectivity index (χ1v) is 5.73. The fourth-order valence-electron chi connectivity index (χ4n) is 3.17. The summed E-state index contributed by atoms with van der Waals surface area (Å²) in [5.74, 6) is 2.96. The van der Waals surface area contributed by atoms with E-state index in [0.29, 0.717) is 5.41 Å². The first-order chi connectivity index (χ1) is 6.06. The Balaban J connectivity index is 2.04. The molecule has 0 aromatic heterocycles. The highest BCUT2D eigenvalue weighted by molar-refractivity contribution is 5.05. The molecule has 0 aromatic rings. The molecule has 0 heteroatoms. The minimum Gasteiger partial charge on any atom is -0.0880 e. The second-order valence-corrected chi connectivity index (χ2v) is 6.09. The molecule has 0 amide bonds.